The normalized spacial score (nSPS) is 10.6. The number of fused-ring (bicyclic) bond motifs is 1. The Hall–Kier alpha value is -2.57. The second kappa shape index (κ2) is 6.51. The summed E-state index contributed by atoms with van der Waals surface area (Å²) in [6.07, 6.45) is 1.47. The lowest BCUT2D eigenvalue weighted by Gasteiger charge is -2.14. The standard InChI is InChI=1S/C16H10Cl2N2O4/c1-23-14-8-12(20(21)22)15-10(3-2-6-19-15)16(14)24-13-5-4-9(17)7-11(13)18/h2-8H,1H3. The van der Waals surface area contributed by atoms with E-state index in [9.17, 15) is 10.1 Å². The molecule has 0 fully saturated rings. The van der Waals surface area contributed by atoms with Crippen LogP contribution >= 0.6 is 23.2 Å². The van der Waals surface area contributed by atoms with E-state index in [1.54, 1.807) is 24.3 Å². The fourth-order valence-corrected chi connectivity index (χ4v) is 2.69. The first kappa shape index (κ1) is 16.3. The molecule has 0 atom stereocenters. The van der Waals surface area contributed by atoms with E-state index in [0.29, 0.717) is 21.2 Å². The molecule has 0 saturated heterocycles. The van der Waals surface area contributed by atoms with Crippen molar-refractivity contribution in [3.63, 3.8) is 0 Å². The highest BCUT2D eigenvalue weighted by Gasteiger charge is 2.22. The Morgan fingerprint density at radius 2 is 1.96 bits per heavy atom. The molecule has 0 aliphatic rings. The van der Waals surface area contributed by atoms with Crippen LogP contribution in [0, 0.1) is 10.1 Å². The van der Waals surface area contributed by atoms with E-state index in [1.165, 1.54) is 25.4 Å². The van der Waals surface area contributed by atoms with Crippen molar-refractivity contribution >= 4 is 39.8 Å². The molecule has 0 saturated carbocycles. The summed E-state index contributed by atoms with van der Waals surface area (Å²) in [5.41, 5.74) is 0.0281. The minimum atomic E-state index is -0.517. The SMILES string of the molecule is COc1cc([N+](=O)[O-])c2ncccc2c1Oc1ccc(Cl)cc1Cl. The van der Waals surface area contributed by atoms with Gasteiger partial charge in [0.15, 0.2) is 17.0 Å². The van der Waals surface area contributed by atoms with Crippen LogP contribution in [0.3, 0.4) is 0 Å². The van der Waals surface area contributed by atoms with Crippen LogP contribution in [-0.4, -0.2) is 17.0 Å². The highest BCUT2D eigenvalue weighted by molar-refractivity contribution is 6.35. The monoisotopic (exact) mass is 364 g/mol. The average molecular weight is 365 g/mol. The highest BCUT2D eigenvalue weighted by Crippen LogP contribution is 2.43. The lowest BCUT2D eigenvalue weighted by Crippen LogP contribution is -1.97. The van der Waals surface area contributed by atoms with Gasteiger partial charge in [-0.2, -0.15) is 0 Å². The molecule has 8 heteroatoms. The number of rotatable bonds is 4. The summed E-state index contributed by atoms with van der Waals surface area (Å²) >= 11 is 12.0. The van der Waals surface area contributed by atoms with E-state index >= 15 is 0 Å². The van der Waals surface area contributed by atoms with Gasteiger partial charge in [-0.25, -0.2) is 4.98 Å². The number of methoxy groups -OCH3 is 1. The molecule has 0 radical (unpaired) electrons. The molecule has 24 heavy (non-hydrogen) atoms. The Morgan fingerprint density at radius 1 is 1.17 bits per heavy atom. The van der Waals surface area contributed by atoms with Gasteiger partial charge in [-0.3, -0.25) is 10.1 Å². The van der Waals surface area contributed by atoms with Gasteiger partial charge in [0, 0.05) is 11.2 Å². The molecule has 6 nitrogen and oxygen atoms in total. The molecule has 0 bridgehead atoms. The van der Waals surface area contributed by atoms with Gasteiger partial charge in [0.2, 0.25) is 0 Å². The molecule has 2 aromatic carbocycles. The molecule has 0 aliphatic carbocycles. The molecular formula is C16H10Cl2N2O4. The molecule has 3 aromatic rings. The van der Waals surface area contributed by atoms with E-state index < -0.39 is 4.92 Å². The first-order valence-corrected chi connectivity index (χ1v) is 7.50. The van der Waals surface area contributed by atoms with Crippen molar-refractivity contribution in [2.45, 2.75) is 0 Å². The summed E-state index contributed by atoms with van der Waals surface area (Å²) < 4.78 is 11.1. The number of benzene rings is 2. The predicted molar refractivity (Wildman–Crippen MR) is 91.5 cm³/mol. The highest BCUT2D eigenvalue weighted by atomic mass is 35.5. The molecule has 0 N–H and O–H groups in total. The number of nitrogens with zero attached hydrogens (tertiary/aromatic N) is 2. The molecular weight excluding hydrogens is 355 g/mol. The molecule has 0 unspecified atom stereocenters. The number of nitro benzene ring substituents is 1. The van der Waals surface area contributed by atoms with Gasteiger partial charge in [0.05, 0.1) is 28.5 Å². The Bertz CT molecular complexity index is 947. The van der Waals surface area contributed by atoms with Gasteiger partial charge in [-0.05, 0) is 30.3 Å². The average Bonchev–Trinajstić information content (AvgIpc) is 2.57. The number of non-ortho nitro benzene ring substituents is 1. The smallest absolute Gasteiger partial charge is 0.299 e. The first-order valence-electron chi connectivity index (χ1n) is 6.74. The van der Waals surface area contributed by atoms with Gasteiger partial charge in [-0.1, -0.05) is 23.2 Å². The summed E-state index contributed by atoms with van der Waals surface area (Å²) in [6, 6.07) is 9.36. The number of hydrogen-bond acceptors (Lipinski definition) is 5. The number of nitro groups is 1. The lowest BCUT2D eigenvalue weighted by atomic mass is 10.1. The summed E-state index contributed by atoms with van der Waals surface area (Å²) in [4.78, 5) is 14.8. The van der Waals surface area contributed by atoms with Crippen molar-refractivity contribution in [2.24, 2.45) is 0 Å². The molecule has 3 rings (SSSR count). The van der Waals surface area contributed by atoms with Crippen LogP contribution in [0.1, 0.15) is 0 Å². The zero-order chi connectivity index (χ0) is 17.3. The Morgan fingerprint density at radius 3 is 2.62 bits per heavy atom. The zero-order valence-electron chi connectivity index (χ0n) is 12.3. The maximum absolute atomic E-state index is 11.3. The van der Waals surface area contributed by atoms with Crippen LogP contribution in [0.5, 0.6) is 17.2 Å². The van der Waals surface area contributed by atoms with Crippen molar-refractivity contribution < 1.29 is 14.4 Å². The maximum atomic E-state index is 11.3. The second-order valence-electron chi connectivity index (χ2n) is 4.76. The Labute approximate surface area is 146 Å². The second-order valence-corrected chi connectivity index (χ2v) is 5.60. The van der Waals surface area contributed by atoms with Crippen molar-refractivity contribution in [1.82, 2.24) is 4.98 Å². The van der Waals surface area contributed by atoms with Crippen LogP contribution < -0.4 is 9.47 Å². The van der Waals surface area contributed by atoms with Gasteiger partial charge in [0.25, 0.3) is 5.69 Å². The first-order chi connectivity index (χ1) is 11.5. The molecule has 1 aromatic heterocycles. The van der Waals surface area contributed by atoms with Crippen LogP contribution in [0.2, 0.25) is 10.0 Å². The molecule has 0 aliphatic heterocycles. The number of ether oxygens (including phenoxy) is 2. The maximum Gasteiger partial charge on any atom is 0.299 e. The van der Waals surface area contributed by atoms with E-state index in [0.717, 1.165) is 0 Å². The van der Waals surface area contributed by atoms with E-state index in [2.05, 4.69) is 4.98 Å². The Balaban J connectivity index is 2.23. The topological polar surface area (TPSA) is 74.5 Å². The third kappa shape index (κ3) is 2.93. The number of halogens is 2. The van der Waals surface area contributed by atoms with E-state index in [4.69, 9.17) is 32.7 Å². The molecule has 0 amide bonds. The fraction of sp³-hybridized carbons (Fsp3) is 0.0625. The quantitative estimate of drug-likeness (QED) is 0.466. The summed E-state index contributed by atoms with van der Waals surface area (Å²) in [5.74, 6) is 0.835. The summed E-state index contributed by atoms with van der Waals surface area (Å²) in [5, 5.41) is 12.5. The van der Waals surface area contributed by atoms with Gasteiger partial charge >= 0.3 is 0 Å². The third-order valence-electron chi connectivity index (χ3n) is 3.31. The van der Waals surface area contributed by atoms with Crippen molar-refractivity contribution in [3.8, 4) is 17.2 Å². The molecule has 0 spiro atoms. The summed E-state index contributed by atoms with van der Waals surface area (Å²) in [7, 11) is 1.40. The van der Waals surface area contributed by atoms with Gasteiger partial charge < -0.3 is 9.47 Å². The van der Waals surface area contributed by atoms with E-state index in [1.807, 2.05) is 0 Å². The van der Waals surface area contributed by atoms with E-state index in [-0.39, 0.29) is 22.7 Å². The molecule has 1 heterocycles. The lowest BCUT2D eigenvalue weighted by molar-refractivity contribution is -0.383. The van der Waals surface area contributed by atoms with Crippen molar-refractivity contribution in [1.29, 1.82) is 0 Å². The van der Waals surface area contributed by atoms with Crippen LogP contribution in [0.25, 0.3) is 10.9 Å². The fourth-order valence-electron chi connectivity index (χ4n) is 2.25. The predicted octanol–water partition coefficient (Wildman–Crippen LogP) is 5.25. The Kier molecular flexibility index (Phi) is 4.42. The van der Waals surface area contributed by atoms with Gasteiger partial charge in [-0.15, -0.1) is 0 Å². The van der Waals surface area contributed by atoms with Crippen LogP contribution in [-0.2, 0) is 0 Å². The number of pyridine rings is 1. The van der Waals surface area contributed by atoms with Crippen LogP contribution in [0.15, 0.2) is 42.6 Å². The van der Waals surface area contributed by atoms with Crippen LogP contribution in [0.4, 0.5) is 5.69 Å². The largest absolute Gasteiger partial charge is 0.493 e. The number of hydrogen-bond donors (Lipinski definition) is 0. The van der Waals surface area contributed by atoms with Crippen molar-refractivity contribution in [2.75, 3.05) is 7.11 Å². The minimum Gasteiger partial charge on any atom is -0.493 e. The minimum absolute atomic E-state index is 0.169. The molecule has 122 valence electrons. The number of aromatic nitrogens is 1. The third-order valence-corrected chi connectivity index (χ3v) is 3.84. The zero-order valence-corrected chi connectivity index (χ0v) is 13.8. The van der Waals surface area contributed by atoms with Crippen molar-refractivity contribution in [3.05, 3.63) is 62.8 Å². The summed E-state index contributed by atoms with van der Waals surface area (Å²) in [6.45, 7) is 0. The van der Waals surface area contributed by atoms with Gasteiger partial charge in [0.1, 0.15) is 5.75 Å².